The second kappa shape index (κ2) is 9.57. The van der Waals surface area contributed by atoms with Crippen LogP contribution in [0.5, 0.6) is 17.2 Å². The van der Waals surface area contributed by atoms with Crippen LogP contribution in [0.15, 0.2) is 40.5 Å². The molecule has 0 saturated carbocycles. The van der Waals surface area contributed by atoms with E-state index in [1.165, 1.54) is 4.90 Å². The van der Waals surface area contributed by atoms with Gasteiger partial charge in [0.05, 0.1) is 52.0 Å². The summed E-state index contributed by atoms with van der Waals surface area (Å²) in [5, 5.41) is 9.89. The number of hydrogen-bond acceptors (Lipinski definition) is 7. The quantitative estimate of drug-likeness (QED) is 0.647. The standard InChI is InChI=1S/C24H28N4O5/c1-15-12-20-22(24(29)28(15)7-6-27-8-10-32-11-9-27)21(17(14-25)23(26)33-20)16-4-5-18(30-2)19(13-16)31-3/h4-5,12-13,21H,6-11,26H2,1-3H3/p+1/t21-/m1/s1. The SMILES string of the molecule is COc1ccc([C@@H]2C(C#N)=C(N)Oc3cc(C)n(CC[NH+]4CCOCC4)c(=O)c32)cc1OC. The lowest BCUT2D eigenvalue weighted by molar-refractivity contribution is -0.908. The first-order valence-electron chi connectivity index (χ1n) is 10.9. The molecule has 3 N–H and O–H groups in total. The van der Waals surface area contributed by atoms with Gasteiger partial charge in [-0.2, -0.15) is 5.26 Å². The number of nitrogens with one attached hydrogen (secondary N) is 1. The number of methoxy groups -OCH3 is 2. The number of nitriles is 1. The third-order valence-corrected chi connectivity index (χ3v) is 6.32. The molecule has 0 bridgehead atoms. The number of benzene rings is 1. The van der Waals surface area contributed by atoms with Crippen molar-refractivity contribution < 1.29 is 23.8 Å². The Labute approximate surface area is 192 Å². The summed E-state index contributed by atoms with van der Waals surface area (Å²) in [6, 6.07) is 9.30. The Morgan fingerprint density at radius 2 is 1.94 bits per heavy atom. The number of aromatic nitrogens is 1. The molecule has 9 nitrogen and oxygen atoms in total. The van der Waals surface area contributed by atoms with E-state index in [2.05, 4.69) is 6.07 Å². The first-order valence-corrected chi connectivity index (χ1v) is 10.9. The van der Waals surface area contributed by atoms with E-state index in [0.29, 0.717) is 34.9 Å². The van der Waals surface area contributed by atoms with Gasteiger partial charge < -0.3 is 34.1 Å². The Morgan fingerprint density at radius 1 is 1.21 bits per heavy atom. The van der Waals surface area contributed by atoms with Crippen molar-refractivity contribution in [3.8, 4) is 23.3 Å². The maximum Gasteiger partial charge on any atom is 0.258 e. The van der Waals surface area contributed by atoms with Crippen LogP contribution in [0.3, 0.4) is 0 Å². The average Bonchev–Trinajstić information content (AvgIpc) is 2.83. The van der Waals surface area contributed by atoms with E-state index in [1.54, 1.807) is 30.9 Å². The molecule has 2 aromatic rings. The van der Waals surface area contributed by atoms with Crippen LogP contribution >= 0.6 is 0 Å². The molecule has 33 heavy (non-hydrogen) atoms. The fourth-order valence-corrected chi connectivity index (χ4v) is 4.51. The molecule has 3 heterocycles. The number of pyridine rings is 1. The number of hydrogen-bond donors (Lipinski definition) is 2. The highest BCUT2D eigenvalue weighted by Crippen LogP contribution is 2.42. The van der Waals surface area contributed by atoms with Gasteiger partial charge in [0.15, 0.2) is 11.5 Å². The number of allylic oxidation sites excluding steroid dienone is 1. The fraction of sp³-hybridized carbons (Fsp3) is 0.417. The summed E-state index contributed by atoms with van der Waals surface area (Å²) in [5.74, 6) is 0.762. The van der Waals surface area contributed by atoms with Gasteiger partial charge in [-0.15, -0.1) is 0 Å². The number of quaternary nitrogens is 1. The van der Waals surface area contributed by atoms with Gasteiger partial charge in [0.25, 0.3) is 5.56 Å². The Bertz CT molecular complexity index is 1170. The number of morpholine rings is 1. The number of rotatable bonds is 6. The van der Waals surface area contributed by atoms with Crippen molar-refractivity contribution in [2.45, 2.75) is 19.4 Å². The summed E-state index contributed by atoms with van der Waals surface area (Å²) in [4.78, 5) is 15.2. The van der Waals surface area contributed by atoms with Crippen molar-refractivity contribution in [2.75, 3.05) is 47.1 Å². The molecular formula is C24H29N4O5+. The van der Waals surface area contributed by atoms with Gasteiger partial charge in [-0.3, -0.25) is 4.79 Å². The van der Waals surface area contributed by atoms with Crippen LogP contribution in [-0.2, 0) is 11.3 Å². The third-order valence-electron chi connectivity index (χ3n) is 6.32. The van der Waals surface area contributed by atoms with Gasteiger partial charge in [-0.25, -0.2) is 0 Å². The lowest BCUT2D eigenvalue weighted by Gasteiger charge is -2.28. The Kier molecular flexibility index (Phi) is 6.58. The minimum Gasteiger partial charge on any atom is -0.493 e. The highest BCUT2D eigenvalue weighted by molar-refractivity contribution is 5.57. The smallest absolute Gasteiger partial charge is 0.258 e. The maximum atomic E-state index is 13.8. The van der Waals surface area contributed by atoms with Crippen LogP contribution in [0, 0.1) is 18.3 Å². The van der Waals surface area contributed by atoms with Gasteiger partial charge in [-0.1, -0.05) is 6.07 Å². The minimum absolute atomic E-state index is 0.000837. The molecule has 0 spiro atoms. The third kappa shape index (κ3) is 4.27. The fourth-order valence-electron chi connectivity index (χ4n) is 4.51. The van der Waals surface area contributed by atoms with Gasteiger partial charge in [0, 0.05) is 11.8 Å². The predicted octanol–water partition coefficient (Wildman–Crippen LogP) is 0.307. The van der Waals surface area contributed by atoms with E-state index < -0.39 is 5.92 Å². The number of aryl methyl sites for hydroxylation is 1. The number of fused-ring (bicyclic) bond motifs is 1. The van der Waals surface area contributed by atoms with E-state index in [9.17, 15) is 10.1 Å². The highest BCUT2D eigenvalue weighted by atomic mass is 16.5. The van der Waals surface area contributed by atoms with Crippen molar-refractivity contribution in [1.29, 1.82) is 5.26 Å². The Balaban J connectivity index is 1.80. The minimum atomic E-state index is -0.673. The largest absolute Gasteiger partial charge is 0.493 e. The van der Waals surface area contributed by atoms with Crippen LogP contribution in [0.25, 0.3) is 0 Å². The summed E-state index contributed by atoms with van der Waals surface area (Å²) in [6.07, 6.45) is 0. The summed E-state index contributed by atoms with van der Waals surface area (Å²) < 4.78 is 23.7. The number of ether oxygens (including phenoxy) is 4. The molecule has 0 aliphatic carbocycles. The van der Waals surface area contributed by atoms with Crippen LogP contribution in [-0.4, -0.2) is 51.6 Å². The van der Waals surface area contributed by atoms with Crippen LogP contribution in [0.4, 0.5) is 0 Å². The first-order chi connectivity index (χ1) is 16.0. The second-order valence-electron chi connectivity index (χ2n) is 8.17. The summed E-state index contributed by atoms with van der Waals surface area (Å²) >= 11 is 0. The summed E-state index contributed by atoms with van der Waals surface area (Å²) in [6.45, 7) is 6.57. The topological polar surface area (TPSA) is 113 Å². The van der Waals surface area contributed by atoms with Crippen molar-refractivity contribution in [2.24, 2.45) is 5.73 Å². The molecule has 1 fully saturated rings. The summed E-state index contributed by atoms with van der Waals surface area (Å²) in [5.41, 5.74) is 8.00. The predicted molar refractivity (Wildman–Crippen MR) is 121 cm³/mol. The van der Waals surface area contributed by atoms with E-state index in [1.807, 2.05) is 19.1 Å². The molecule has 2 aliphatic heterocycles. The zero-order valence-electron chi connectivity index (χ0n) is 19.1. The number of nitrogens with zero attached hydrogens (tertiary/aromatic N) is 2. The Morgan fingerprint density at radius 3 is 2.61 bits per heavy atom. The van der Waals surface area contributed by atoms with Crippen molar-refractivity contribution >= 4 is 0 Å². The Hall–Kier alpha value is -3.48. The van der Waals surface area contributed by atoms with Crippen LogP contribution < -0.4 is 30.4 Å². The average molecular weight is 454 g/mol. The maximum absolute atomic E-state index is 13.8. The second-order valence-corrected chi connectivity index (χ2v) is 8.17. The molecule has 1 atom stereocenters. The van der Waals surface area contributed by atoms with Gasteiger partial charge in [0.1, 0.15) is 30.5 Å². The van der Waals surface area contributed by atoms with Crippen molar-refractivity contribution in [3.05, 3.63) is 62.9 Å². The molecule has 2 aliphatic rings. The number of nitrogens with two attached hydrogens (primary N) is 1. The van der Waals surface area contributed by atoms with Crippen molar-refractivity contribution in [3.63, 3.8) is 0 Å². The molecule has 0 amide bonds. The lowest BCUT2D eigenvalue weighted by atomic mass is 9.84. The molecular weight excluding hydrogens is 424 g/mol. The zero-order valence-corrected chi connectivity index (χ0v) is 19.1. The molecule has 0 radical (unpaired) electrons. The normalized spacial score (nSPS) is 18.3. The summed E-state index contributed by atoms with van der Waals surface area (Å²) in [7, 11) is 3.09. The lowest BCUT2D eigenvalue weighted by Crippen LogP contribution is -3.14. The van der Waals surface area contributed by atoms with Crippen LogP contribution in [0.1, 0.15) is 22.7 Å². The monoisotopic (exact) mass is 453 g/mol. The molecule has 4 rings (SSSR count). The van der Waals surface area contributed by atoms with E-state index in [0.717, 1.165) is 38.5 Å². The first kappa shape index (κ1) is 22.7. The molecule has 1 saturated heterocycles. The molecule has 9 heteroatoms. The molecule has 0 unspecified atom stereocenters. The van der Waals surface area contributed by atoms with E-state index in [4.69, 9.17) is 24.7 Å². The van der Waals surface area contributed by atoms with E-state index >= 15 is 0 Å². The zero-order chi connectivity index (χ0) is 23.5. The van der Waals surface area contributed by atoms with Crippen molar-refractivity contribution in [1.82, 2.24) is 4.57 Å². The molecule has 1 aromatic heterocycles. The van der Waals surface area contributed by atoms with Crippen LogP contribution in [0.2, 0.25) is 0 Å². The van der Waals surface area contributed by atoms with E-state index in [-0.39, 0.29) is 17.0 Å². The highest BCUT2D eigenvalue weighted by Gasteiger charge is 2.35. The van der Waals surface area contributed by atoms with Gasteiger partial charge in [0.2, 0.25) is 5.88 Å². The van der Waals surface area contributed by atoms with Gasteiger partial charge in [-0.05, 0) is 24.6 Å². The molecule has 174 valence electrons. The molecule has 1 aromatic carbocycles. The van der Waals surface area contributed by atoms with Gasteiger partial charge >= 0.3 is 0 Å².